The summed E-state index contributed by atoms with van der Waals surface area (Å²) in [5, 5.41) is 120. The lowest BCUT2D eigenvalue weighted by molar-refractivity contribution is -0.379. The first kappa shape index (κ1) is 72.1. The molecule has 17 unspecified atom stereocenters. The van der Waals surface area contributed by atoms with Crippen LogP contribution in [0.4, 0.5) is 0 Å². The Hall–Kier alpha value is -1.21. The van der Waals surface area contributed by atoms with Crippen LogP contribution < -0.4 is 5.32 Å². The minimum Gasteiger partial charge on any atom is -0.394 e. The third-order valence-corrected chi connectivity index (χ3v) is 16.4. The lowest BCUT2D eigenvalue weighted by Gasteiger charge is -2.48. The predicted molar refractivity (Wildman–Crippen MR) is 300 cm³/mol. The number of unbranched alkanes of at least 4 members (excludes halogenated alkanes) is 32. The van der Waals surface area contributed by atoms with Crippen molar-refractivity contribution in [2.24, 2.45) is 0 Å². The smallest absolute Gasteiger partial charge is 0.220 e. The van der Waals surface area contributed by atoms with Crippen molar-refractivity contribution in [3.8, 4) is 0 Å². The lowest BCUT2D eigenvalue weighted by atomic mass is 9.96. The lowest BCUT2D eigenvalue weighted by Crippen LogP contribution is -2.66. The summed E-state index contributed by atoms with van der Waals surface area (Å²) in [6, 6.07) is -0.879. The fourth-order valence-corrected chi connectivity index (χ4v) is 11.2. The SMILES string of the molecule is CCCCCCCCCCCCCCCCCCCCCCCCCCCCC(O)C(COC1OC(CO)C(OC2OC(CO)C(OC3OC(CO)C(O)C(O)C3O)C(O)C2O)C(O)C1O)NC(=O)CCCCCCCCCC. The number of carbonyl (C=O) groups is 1. The van der Waals surface area contributed by atoms with E-state index in [0.29, 0.717) is 12.8 Å². The summed E-state index contributed by atoms with van der Waals surface area (Å²) in [6.45, 7) is 1.77. The van der Waals surface area contributed by atoms with E-state index in [0.717, 1.165) is 44.9 Å². The van der Waals surface area contributed by atoms with Crippen molar-refractivity contribution in [1.29, 1.82) is 0 Å². The minimum absolute atomic E-state index is 0.245. The van der Waals surface area contributed by atoms with Crippen LogP contribution in [0.3, 0.4) is 0 Å². The summed E-state index contributed by atoms with van der Waals surface area (Å²) in [7, 11) is 0. The molecule has 17 atom stereocenters. The molecule has 0 aliphatic carbocycles. The molecule has 0 aromatic carbocycles. The van der Waals surface area contributed by atoms with E-state index in [4.69, 9.17) is 28.4 Å². The third-order valence-electron chi connectivity index (χ3n) is 16.4. The highest BCUT2D eigenvalue weighted by Crippen LogP contribution is 2.33. The largest absolute Gasteiger partial charge is 0.394 e. The molecule has 0 spiro atoms. The molecule has 0 aromatic rings. The van der Waals surface area contributed by atoms with E-state index < -0.39 is 124 Å². The number of hydrogen-bond donors (Lipinski definition) is 12. The molecule has 468 valence electrons. The van der Waals surface area contributed by atoms with Gasteiger partial charge in [0.15, 0.2) is 18.9 Å². The van der Waals surface area contributed by atoms with Crippen molar-refractivity contribution < 1.29 is 89.4 Å². The topological polar surface area (TPSA) is 307 Å². The van der Waals surface area contributed by atoms with Gasteiger partial charge in [0.2, 0.25) is 5.91 Å². The summed E-state index contributed by atoms with van der Waals surface area (Å²) >= 11 is 0. The molecule has 79 heavy (non-hydrogen) atoms. The van der Waals surface area contributed by atoms with Gasteiger partial charge in [-0.05, 0) is 12.8 Å². The zero-order valence-corrected chi connectivity index (χ0v) is 48.9. The molecular weight excluding hydrogens is 1020 g/mol. The maximum Gasteiger partial charge on any atom is 0.220 e. The Morgan fingerprint density at radius 2 is 0.722 bits per heavy atom. The van der Waals surface area contributed by atoms with Gasteiger partial charge in [0.25, 0.3) is 0 Å². The molecule has 3 rings (SSSR count). The average Bonchev–Trinajstić information content (AvgIpc) is 3.48. The molecule has 12 N–H and O–H groups in total. The number of nitrogens with one attached hydrogen (secondary N) is 1. The van der Waals surface area contributed by atoms with Gasteiger partial charge in [-0.2, -0.15) is 0 Å². The number of aliphatic hydroxyl groups excluding tert-OH is 11. The molecule has 3 heterocycles. The van der Waals surface area contributed by atoms with E-state index in [2.05, 4.69) is 19.2 Å². The Morgan fingerprint density at radius 3 is 1.10 bits per heavy atom. The third kappa shape index (κ3) is 28.0. The Morgan fingerprint density at radius 1 is 0.405 bits per heavy atom. The number of carbonyl (C=O) groups excluding carboxylic acids is 1. The van der Waals surface area contributed by atoms with E-state index in [1.165, 1.54) is 167 Å². The van der Waals surface area contributed by atoms with E-state index in [1.807, 2.05) is 0 Å². The Balaban J connectivity index is 1.39. The molecule has 0 aromatic heterocycles. The van der Waals surface area contributed by atoms with Gasteiger partial charge >= 0.3 is 0 Å². The molecule has 0 radical (unpaired) electrons. The highest BCUT2D eigenvalue weighted by molar-refractivity contribution is 5.76. The monoisotopic (exact) mass is 1140 g/mol. The predicted octanol–water partition coefficient (Wildman–Crippen LogP) is 6.38. The number of aliphatic hydroxyl groups is 11. The Kier molecular flexibility index (Phi) is 40.4. The van der Waals surface area contributed by atoms with Crippen molar-refractivity contribution in [2.45, 2.75) is 349 Å². The average molecular weight is 1140 g/mol. The van der Waals surface area contributed by atoms with E-state index in [-0.39, 0.29) is 18.9 Å². The van der Waals surface area contributed by atoms with Crippen LogP contribution >= 0.6 is 0 Å². The zero-order chi connectivity index (χ0) is 57.6. The second-order valence-electron chi connectivity index (χ2n) is 23.2. The molecule has 0 bridgehead atoms. The van der Waals surface area contributed by atoms with Crippen molar-refractivity contribution in [1.82, 2.24) is 5.32 Å². The van der Waals surface area contributed by atoms with Crippen LogP contribution in [0.1, 0.15) is 245 Å². The fourth-order valence-electron chi connectivity index (χ4n) is 11.2. The van der Waals surface area contributed by atoms with Crippen LogP contribution in [-0.2, 0) is 33.2 Å². The second-order valence-corrected chi connectivity index (χ2v) is 23.2. The second kappa shape index (κ2) is 44.3. The van der Waals surface area contributed by atoms with Crippen molar-refractivity contribution in [2.75, 3.05) is 26.4 Å². The van der Waals surface area contributed by atoms with Gasteiger partial charge < -0.3 is 89.9 Å². The summed E-state index contributed by atoms with van der Waals surface area (Å²) in [5.41, 5.74) is 0. The van der Waals surface area contributed by atoms with Crippen LogP contribution in [0.25, 0.3) is 0 Å². The van der Waals surface area contributed by atoms with Gasteiger partial charge in [-0.3, -0.25) is 4.79 Å². The molecular formula is C60H115NO18. The Bertz CT molecular complexity index is 1450. The highest BCUT2D eigenvalue weighted by atomic mass is 16.8. The quantitative estimate of drug-likeness (QED) is 0.0294. The van der Waals surface area contributed by atoms with Gasteiger partial charge in [-0.1, -0.05) is 226 Å². The summed E-state index contributed by atoms with van der Waals surface area (Å²) in [4.78, 5) is 13.2. The maximum absolute atomic E-state index is 13.2. The number of hydrogen-bond acceptors (Lipinski definition) is 18. The van der Waals surface area contributed by atoms with Gasteiger partial charge in [0, 0.05) is 6.42 Å². The fraction of sp³-hybridized carbons (Fsp3) is 0.983. The number of ether oxygens (including phenoxy) is 6. The normalized spacial score (nSPS) is 30.2. The number of amides is 1. The Labute approximate surface area is 474 Å². The molecule has 1 amide bonds. The van der Waals surface area contributed by atoms with E-state index in [9.17, 15) is 61.0 Å². The first-order valence-corrected chi connectivity index (χ1v) is 31.8. The minimum atomic E-state index is -1.97. The molecule has 3 saturated heterocycles. The first-order chi connectivity index (χ1) is 38.3. The molecule has 3 fully saturated rings. The summed E-state index contributed by atoms with van der Waals surface area (Å²) < 4.78 is 34.3. The molecule has 19 nitrogen and oxygen atoms in total. The van der Waals surface area contributed by atoms with Crippen molar-refractivity contribution in [3.63, 3.8) is 0 Å². The van der Waals surface area contributed by atoms with Crippen LogP contribution in [0.5, 0.6) is 0 Å². The maximum atomic E-state index is 13.2. The summed E-state index contributed by atoms with van der Waals surface area (Å²) in [6.07, 6.45) is 16.6. The zero-order valence-electron chi connectivity index (χ0n) is 48.9. The van der Waals surface area contributed by atoms with E-state index in [1.54, 1.807) is 0 Å². The molecule has 0 saturated carbocycles. The first-order valence-electron chi connectivity index (χ1n) is 31.8. The van der Waals surface area contributed by atoms with Gasteiger partial charge in [0.05, 0.1) is 38.6 Å². The van der Waals surface area contributed by atoms with Gasteiger partial charge in [-0.25, -0.2) is 0 Å². The van der Waals surface area contributed by atoms with Crippen LogP contribution in [0, 0.1) is 0 Å². The molecule has 3 aliphatic rings. The standard InChI is InChI=1S/C60H115NO18/c1-3-5-7-9-11-13-14-15-16-17-18-19-20-21-22-23-24-25-26-27-28-29-30-31-33-35-37-44(65)43(61-48(66)38-36-34-32-12-10-8-6-4-2)42-74-58-54(72)51(69)56(46(40-63)76-58)79-60-55(73)52(70)57(47(41-64)77-60)78-59-53(71)50(68)49(67)45(39-62)75-59/h43-47,49-60,62-65,67-73H,3-42H2,1-2H3,(H,61,66). The van der Waals surface area contributed by atoms with Crippen LogP contribution in [-0.4, -0.2) is 193 Å². The molecule has 3 aliphatic heterocycles. The molecule has 19 heteroatoms. The highest BCUT2D eigenvalue weighted by Gasteiger charge is 2.53. The van der Waals surface area contributed by atoms with Crippen LogP contribution in [0.2, 0.25) is 0 Å². The number of rotatable bonds is 48. The van der Waals surface area contributed by atoms with Gasteiger partial charge in [-0.15, -0.1) is 0 Å². The van der Waals surface area contributed by atoms with Gasteiger partial charge in [0.1, 0.15) is 73.2 Å². The summed E-state index contributed by atoms with van der Waals surface area (Å²) in [5.74, 6) is -0.245. The van der Waals surface area contributed by atoms with E-state index >= 15 is 0 Å². The van der Waals surface area contributed by atoms with Crippen LogP contribution in [0.15, 0.2) is 0 Å². The van der Waals surface area contributed by atoms with Crippen molar-refractivity contribution in [3.05, 3.63) is 0 Å². The van der Waals surface area contributed by atoms with Crippen molar-refractivity contribution >= 4 is 5.91 Å².